The summed E-state index contributed by atoms with van der Waals surface area (Å²) in [6.07, 6.45) is 0. The van der Waals surface area contributed by atoms with Crippen molar-refractivity contribution in [2.75, 3.05) is 52.0 Å². The van der Waals surface area contributed by atoms with E-state index >= 15 is 0 Å². The molecule has 0 radical (unpaired) electrons. The molecule has 0 aromatic rings. The van der Waals surface area contributed by atoms with Gasteiger partial charge in [-0.15, -0.1) is 0 Å². The maximum absolute atomic E-state index is 10.3. The Balaban J connectivity index is 0. The van der Waals surface area contributed by atoms with E-state index in [9.17, 15) is 8.42 Å². The Bertz CT molecular complexity index is 244. The van der Waals surface area contributed by atoms with Gasteiger partial charge in [-0.05, 0) is 0 Å². The Kier molecular flexibility index (Phi) is 15.6. The Morgan fingerprint density at radius 1 is 0.824 bits per heavy atom. The zero-order valence-electron chi connectivity index (χ0n) is 9.00. The molecular formula is C8H19NaO7S. The van der Waals surface area contributed by atoms with Crippen LogP contribution in [-0.2, 0) is 24.3 Å². The average molecular weight is 282 g/mol. The zero-order chi connectivity index (χ0) is 12.3. The number of aliphatic hydroxyl groups excluding tert-OH is 1. The summed E-state index contributed by atoms with van der Waals surface area (Å²) >= 11 is 0. The standard InChI is InChI=1S/C8H18O7S.Na.H/c9-1-2-13-3-4-14-5-6-15-7-8-16(10,11)12;;/h9H,1-8H2,(H,10,11,12);;. The van der Waals surface area contributed by atoms with Crippen LogP contribution in [-0.4, -0.2) is 99.6 Å². The van der Waals surface area contributed by atoms with E-state index in [-0.39, 0.29) is 56.0 Å². The molecule has 0 saturated carbocycles. The van der Waals surface area contributed by atoms with E-state index in [1.807, 2.05) is 0 Å². The van der Waals surface area contributed by atoms with E-state index in [0.29, 0.717) is 19.8 Å². The summed E-state index contributed by atoms with van der Waals surface area (Å²) in [5.74, 6) is -0.410. The molecule has 0 unspecified atom stereocenters. The summed E-state index contributed by atoms with van der Waals surface area (Å²) in [7, 11) is -3.94. The fraction of sp³-hybridized carbons (Fsp3) is 1.00. The normalized spacial score (nSPS) is 11.2. The van der Waals surface area contributed by atoms with Gasteiger partial charge in [0.05, 0.1) is 52.0 Å². The molecule has 0 rings (SSSR count). The Morgan fingerprint density at radius 2 is 1.24 bits per heavy atom. The van der Waals surface area contributed by atoms with Crippen LogP contribution in [0.3, 0.4) is 0 Å². The second-order valence-corrected chi connectivity index (χ2v) is 4.42. The van der Waals surface area contributed by atoms with Crippen molar-refractivity contribution >= 4 is 39.7 Å². The predicted octanol–water partition coefficient (Wildman–Crippen LogP) is -1.73. The summed E-state index contributed by atoms with van der Waals surface area (Å²) in [4.78, 5) is 0. The molecule has 0 aliphatic heterocycles. The van der Waals surface area contributed by atoms with Crippen LogP contribution in [0, 0.1) is 0 Å². The van der Waals surface area contributed by atoms with Gasteiger partial charge in [-0.2, -0.15) is 8.42 Å². The SMILES string of the molecule is O=S(=O)(O)CCOCCOCCOCCO.[NaH]. The van der Waals surface area contributed by atoms with Gasteiger partial charge in [-0.1, -0.05) is 0 Å². The molecule has 0 bridgehead atoms. The zero-order valence-corrected chi connectivity index (χ0v) is 9.82. The predicted molar refractivity (Wildman–Crippen MR) is 63.1 cm³/mol. The van der Waals surface area contributed by atoms with Crippen molar-refractivity contribution < 1.29 is 32.3 Å². The molecule has 0 fully saturated rings. The van der Waals surface area contributed by atoms with Gasteiger partial charge in [0, 0.05) is 0 Å². The number of hydrogen-bond donors (Lipinski definition) is 2. The van der Waals surface area contributed by atoms with Crippen molar-refractivity contribution in [3.8, 4) is 0 Å². The first-order valence-corrected chi connectivity index (χ1v) is 6.46. The van der Waals surface area contributed by atoms with Gasteiger partial charge >= 0.3 is 29.6 Å². The molecule has 100 valence electrons. The van der Waals surface area contributed by atoms with Gasteiger partial charge in [0.1, 0.15) is 0 Å². The van der Waals surface area contributed by atoms with Crippen LogP contribution in [0.2, 0.25) is 0 Å². The first-order valence-electron chi connectivity index (χ1n) is 4.85. The van der Waals surface area contributed by atoms with Gasteiger partial charge in [-0.25, -0.2) is 0 Å². The third kappa shape index (κ3) is 19.3. The van der Waals surface area contributed by atoms with Crippen LogP contribution in [0.1, 0.15) is 0 Å². The molecule has 0 aliphatic carbocycles. The molecule has 2 N–H and O–H groups in total. The van der Waals surface area contributed by atoms with Crippen LogP contribution in [0.25, 0.3) is 0 Å². The third-order valence-electron chi connectivity index (χ3n) is 1.47. The van der Waals surface area contributed by atoms with Crippen LogP contribution < -0.4 is 0 Å². The van der Waals surface area contributed by atoms with Gasteiger partial charge < -0.3 is 19.3 Å². The number of hydrogen-bond acceptors (Lipinski definition) is 6. The first-order chi connectivity index (χ1) is 7.56. The topological polar surface area (TPSA) is 102 Å². The minimum absolute atomic E-state index is 0. The summed E-state index contributed by atoms with van der Waals surface area (Å²) in [5.41, 5.74) is 0. The van der Waals surface area contributed by atoms with Gasteiger partial charge in [-0.3, -0.25) is 4.55 Å². The number of aliphatic hydroxyl groups is 1. The summed E-state index contributed by atoms with van der Waals surface area (Å²) < 4.78 is 43.8. The minimum atomic E-state index is -3.94. The molecule has 9 heteroatoms. The van der Waals surface area contributed by atoms with E-state index in [1.165, 1.54) is 0 Å². The fourth-order valence-corrected chi connectivity index (χ4v) is 1.10. The van der Waals surface area contributed by atoms with E-state index in [4.69, 9.17) is 23.9 Å². The second-order valence-electron chi connectivity index (χ2n) is 2.85. The molecule has 0 saturated heterocycles. The van der Waals surface area contributed by atoms with Crippen LogP contribution in [0.4, 0.5) is 0 Å². The Morgan fingerprint density at radius 3 is 1.65 bits per heavy atom. The maximum atomic E-state index is 10.3. The number of ether oxygens (including phenoxy) is 3. The van der Waals surface area contributed by atoms with Gasteiger partial charge in [0.2, 0.25) is 0 Å². The summed E-state index contributed by atoms with van der Waals surface area (Å²) in [6.45, 7) is 1.59. The quantitative estimate of drug-likeness (QED) is 0.264. The van der Waals surface area contributed by atoms with Crippen LogP contribution in [0.15, 0.2) is 0 Å². The number of rotatable bonds is 11. The average Bonchev–Trinajstić information content (AvgIpc) is 2.19. The van der Waals surface area contributed by atoms with Crippen molar-refractivity contribution in [1.29, 1.82) is 0 Å². The molecule has 0 atom stereocenters. The van der Waals surface area contributed by atoms with E-state index in [1.54, 1.807) is 0 Å². The second kappa shape index (κ2) is 13.2. The molecule has 0 amide bonds. The van der Waals surface area contributed by atoms with Crippen molar-refractivity contribution in [3.05, 3.63) is 0 Å². The first kappa shape index (κ1) is 20.1. The van der Waals surface area contributed by atoms with Crippen LogP contribution >= 0.6 is 0 Å². The molecule has 0 spiro atoms. The summed E-state index contributed by atoms with van der Waals surface area (Å²) in [6, 6.07) is 0. The van der Waals surface area contributed by atoms with Crippen molar-refractivity contribution in [1.82, 2.24) is 0 Å². The Hall–Kier alpha value is 0.750. The Labute approximate surface area is 123 Å². The molecule has 0 heterocycles. The van der Waals surface area contributed by atoms with E-state index in [0.717, 1.165) is 0 Å². The van der Waals surface area contributed by atoms with Gasteiger partial charge in [0.25, 0.3) is 10.1 Å². The molecule has 0 aromatic heterocycles. The fourth-order valence-electron chi connectivity index (χ4n) is 0.771. The van der Waals surface area contributed by atoms with E-state index < -0.39 is 15.9 Å². The third-order valence-corrected chi connectivity index (χ3v) is 2.15. The summed E-state index contributed by atoms with van der Waals surface area (Å²) in [5, 5.41) is 8.38. The van der Waals surface area contributed by atoms with Crippen molar-refractivity contribution in [3.63, 3.8) is 0 Å². The molecule has 0 aromatic carbocycles. The van der Waals surface area contributed by atoms with Gasteiger partial charge in [0.15, 0.2) is 0 Å². The van der Waals surface area contributed by atoms with Crippen LogP contribution in [0.5, 0.6) is 0 Å². The molecular weight excluding hydrogens is 263 g/mol. The van der Waals surface area contributed by atoms with Crippen molar-refractivity contribution in [2.24, 2.45) is 0 Å². The van der Waals surface area contributed by atoms with Crippen molar-refractivity contribution in [2.45, 2.75) is 0 Å². The molecule has 7 nitrogen and oxygen atoms in total. The molecule has 17 heavy (non-hydrogen) atoms. The van der Waals surface area contributed by atoms with E-state index in [2.05, 4.69) is 0 Å². The molecule has 0 aliphatic rings. The monoisotopic (exact) mass is 282 g/mol.